The van der Waals surface area contributed by atoms with Crippen LogP contribution in [0.5, 0.6) is 0 Å². The Bertz CT molecular complexity index is 1110. The quantitative estimate of drug-likeness (QED) is 0.345. The first-order valence-electron chi connectivity index (χ1n) is 12.0. The molecule has 0 bridgehead atoms. The number of benzene rings is 4. The van der Waals surface area contributed by atoms with Gasteiger partial charge in [-0.3, -0.25) is 0 Å². The first kappa shape index (κ1) is 21.4. The summed E-state index contributed by atoms with van der Waals surface area (Å²) in [5.41, 5.74) is 5.89. The largest absolute Gasteiger partial charge is 0.380 e. The van der Waals surface area contributed by atoms with Crippen LogP contribution in [0.15, 0.2) is 127 Å². The summed E-state index contributed by atoms with van der Waals surface area (Å²) in [7, 11) is 0. The fourth-order valence-electron chi connectivity index (χ4n) is 5.47. The molecule has 1 unspecified atom stereocenters. The SMILES string of the molecule is OC(c1ccccc1)(c1ccccc1)C1CCCCC1=C(c1ccccc1)c1ccccc1. The summed E-state index contributed by atoms with van der Waals surface area (Å²) in [6, 6.07) is 41.8. The molecule has 4 aromatic rings. The van der Waals surface area contributed by atoms with Crippen molar-refractivity contribution in [3.8, 4) is 0 Å². The first-order chi connectivity index (χ1) is 16.3. The summed E-state index contributed by atoms with van der Waals surface area (Å²) < 4.78 is 0. The zero-order valence-electron chi connectivity index (χ0n) is 18.9. The Labute approximate surface area is 197 Å². The molecule has 0 spiro atoms. The van der Waals surface area contributed by atoms with Crippen molar-refractivity contribution in [1.82, 2.24) is 0 Å². The Morgan fingerprint density at radius 1 is 0.576 bits per heavy atom. The van der Waals surface area contributed by atoms with Crippen molar-refractivity contribution in [2.75, 3.05) is 0 Å². The van der Waals surface area contributed by atoms with Gasteiger partial charge < -0.3 is 5.11 Å². The molecule has 1 aliphatic rings. The van der Waals surface area contributed by atoms with Gasteiger partial charge in [0, 0.05) is 5.92 Å². The molecule has 4 aromatic carbocycles. The van der Waals surface area contributed by atoms with Crippen molar-refractivity contribution in [2.24, 2.45) is 5.92 Å². The summed E-state index contributed by atoms with van der Waals surface area (Å²) in [4.78, 5) is 0. The predicted molar refractivity (Wildman–Crippen MR) is 137 cm³/mol. The third-order valence-electron chi connectivity index (χ3n) is 6.99. The lowest BCUT2D eigenvalue weighted by molar-refractivity contribution is 0.0216. The molecule has 0 saturated heterocycles. The Balaban J connectivity index is 1.78. The smallest absolute Gasteiger partial charge is 0.121 e. The highest BCUT2D eigenvalue weighted by atomic mass is 16.3. The van der Waals surface area contributed by atoms with Crippen molar-refractivity contribution in [2.45, 2.75) is 31.3 Å². The minimum absolute atomic E-state index is 0.00791. The van der Waals surface area contributed by atoms with Crippen molar-refractivity contribution in [3.63, 3.8) is 0 Å². The predicted octanol–water partition coefficient (Wildman–Crippen LogP) is 7.61. The molecule has 1 aliphatic carbocycles. The van der Waals surface area contributed by atoms with E-state index in [1.807, 2.05) is 36.4 Å². The number of rotatable bonds is 5. The summed E-state index contributed by atoms with van der Waals surface area (Å²) in [6.45, 7) is 0. The van der Waals surface area contributed by atoms with Crippen LogP contribution in [-0.4, -0.2) is 5.11 Å². The molecule has 0 aromatic heterocycles. The molecule has 1 N–H and O–H groups in total. The van der Waals surface area contributed by atoms with E-state index in [2.05, 4.69) is 84.9 Å². The van der Waals surface area contributed by atoms with E-state index in [4.69, 9.17) is 0 Å². The van der Waals surface area contributed by atoms with Crippen LogP contribution in [0.4, 0.5) is 0 Å². The lowest BCUT2D eigenvalue weighted by Crippen LogP contribution is -2.39. The van der Waals surface area contributed by atoms with Crippen molar-refractivity contribution < 1.29 is 5.11 Å². The monoisotopic (exact) mass is 430 g/mol. The fraction of sp³-hybridized carbons (Fsp3) is 0.188. The van der Waals surface area contributed by atoms with Crippen LogP contribution in [0, 0.1) is 5.92 Å². The Morgan fingerprint density at radius 2 is 1.00 bits per heavy atom. The molecule has 0 aliphatic heterocycles. The summed E-state index contributed by atoms with van der Waals surface area (Å²) >= 11 is 0. The zero-order valence-corrected chi connectivity index (χ0v) is 18.9. The summed E-state index contributed by atoms with van der Waals surface area (Å²) in [6.07, 6.45) is 4.21. The van der Waals surface area contributed by atoms with E-state index in [1.165, 1.54) is 22.3 Å². The second-order valence-corrected chi connectivity index (χ2v) is 8.93. The van der Waals surface area contributed by atoms with E-state index in [9.17, 15) is 5.11 Å². The van der Waals surface area contributed by atoms with Gasteiger partial charge in [-0.2, -0.15) is 0 Å². The van der Waals surface area contributed by atoms with Gasteiger partial charge in [-0.05, 0) is 47.1 Å². The highest BCUT2D eigenvalue weighted by Crippen LogP contribution is 2.49. The van der Waals surface area contributed by atoms with E-state index >= 15 is 0 Å². The highest BCUT2D eigenvalue weighted by Gasteiger charge is 2.43. The molecule has 1 heteroatoms. The number of aliphatic hydroxyl groups is 1. The van der Waals surface area contributed by atoms with Gasteiger partial charge in [0.15, 0.2) is 0 Å². The number of hydrogen-bond acceptors (Lipinski definition) is 1. The fourth-order valence-corrected chi connectivity index (χ4v) is 5.47. The third kappa shape index (κ3) is 4.17. The van der Waals surface area contributed by atoms with Crippen LogP contribution in [0.2, 0.25) is 0 Å². The molecule has 1 nitrogen and oxygen atoms in total. The van der Waals surface area contributed by atoms with Crippen molar-refractivity contribution >= 4 is 5.57 Å². The molecular weight excluding hydrogens is 400 g/mol. The summed E-state index contributed by atoms with van der Waals surface area (Å²) in [5, 5.41) is 12.7. The molecule has 0 amide bonds. The van der Waals surface area contributed by atoms with E-state index in [-0.39, 0.29) is 5.92 Å². The van der Waals surface area contributed by atoms with Crippen molar-refractivity contribution in [3.05, 3.63) is 149 Å². The van der Waals surface area contributed by atoms with Gasteiger partial charge in [-0.25, -0.2) is 0 Å². The topological polar surface area (TPSA) is 20.2 Å². The molecule has 164 valence electrons. The van der Waals surface area contributed by atoms with Crippen LogP contribution in [-0.2, 0) is 5.60 Å². The normalized spacial score (nSPS) is 16.4. The van der Waals surface area contributed by atoms with E-state index in [0.29, 0.717) is 0 Å². The molecule has 33 heavy (non-hydrogen) atoms. The lowest BCUT2D eigenvalue weighted by Gasteiger charge is -2.42. The minimum atomic E-state index is -1.09. The lowest BCUT2D eigenvalue weighted by atomic mass is 9.65. The second-order valence-electron chi connectivity index (χ2n) is 8.93. The molecule has 1 fully saturated rings. The van der Waals surface area contributed by atoms with Gasteiger partial charge in [0.25, 0.3) is 0 Å². The molecule has 0 heterocycles. The second kappa shape index (κ2) is 9.60. The average Bonchev–Trinajstić information content (AvgIpc) is 2.91. The highest BCUT2D eigenvalue weighted by molar-refractivity contribution is 5.82. The number of hydrogen-bond donors (Lipinski definition) is 1. The van der Waals surface area contributed by atoms with Crippen LogP contribution >= 0.6 is 0 Å². The van der Waals surface area contributed by atoms with Gasteiger partial charge >= 0.3 is 0 Å². The van der Waals surface area contributed by atoms with Gasteiger partial charge in [0.2, 0.25) is 0 Å². The Hall–Kier alpha value is -3.42. The maximum atomic E-state index is 12.7. The maximum absolute atomic E-state index is 12.7. The van der Waals surface area contributed by atoms with Crippen LogP contribution in [0.1, 0.15) is 47.9 Å². The average molecular weight is 431 g/mol. The van der Waals surface area contributed by atoms with Gasteiger partial charge in [-0.15, -0.1) is 0 Å². The minimum Gasteiger partial charge on any atom is -0.380 e. The molecule has 0 radical (unpaired) electrons. The standard InChI is InChI=1S/C32H30O/c33-32(27-19-9-3-10-20-27,28-21-11-4-12-22-28)30-24-14-13-23-29(30)31(25-15-5-1-6-16-25)26-17-7-2-8-18-26/h1-12,15-22,30,33H,13-14,23-24H2. The molecule has 1 saturated carbocycles. The van der Waals surface area contributed by atoms with Crippen LogP contribution < -0.4 is 0 Å². The first-order valence-corrected chi connectivity index (χ1v) is 12.0. The molecular formula is C32H30O. The van der Waals surface area contributed by atoms with Crippen LogP contribution in [0.3, 0.4) is 0 Å². The molecule has 5 rings (SSSR count). The maximum Gasteiger partial charge on any atom is 0.121 e. The van der Waals surface area contributed by atoms with Gasteiger partial charge in [0.1, 0.15) is 5.60 Å². The Morgan fingerprint density at radius 3 is 1.45 bits per heavy atom. The Kier molecular flexibility index (Phi) is 6.24. The van der Waals surface area contributed by atoms with E-state index < -0.39 is 5.60 Å². The van der Waals surface area contributed by atoms with E-state index in [0.717, 1.165) is 36.8 Å². The van der Waals surface area contributed by atoms with Crippen molar-refractivity contribution in [1.29, 1.82) is 0 Å². The van der Waals surface area contributed by atoms with Gasteiger partial charge in [0.05, 0.1) is 0 Å². The van der Waals surface area contributed by atoms with Crippen LogP contribution in [0.25, 0.3) is 5.57 Å². The zero-order chi connectivity index (χ0) is 22.5. The van der Waals surface area contributed by atoms with Gasteiger partial charge in [-0.1, -0.05) is 133 Å². The molecule has 1 atom stereocenters. The summed E-state index contributed by atoms with van der Waals surface area (Å²) in [5.74, 6) is -0.00791. The third-order valence-corrected chi connectivity index (χ3v) is 6.99. The van der Waals surface area contributed by atoms with E-state index in [1.54, 1.807) is 0 Å².